The zero-order valence-corrected chi connectivity index (χ0v) is 13.2. The van der Waals surface area contributed by atoms with Gasteiger partial charge in [-0.2, -0.15) is 5.10 Å². The van der Waals surface area contributed by atoms with E-state index in [-0.39, 0.29) is 0 Å². The van der Waals surface area contributed by atoms with Gasteiger partial charge in [0, 0.05) is 25.1 Å². The fourth-order valence-electron chi connectivity index (χ4n) is 2.14. The number of halogens is 1. The minimum atomic E-state index is 0.685. The van der Waals surface area contributed by atoms with Crippen LogP contribution in [-0.4, -0.2) is 14.8 Å². The van der Waals surface area contributed by atoms with Gasteiger partial charge < -0.3 is 5.32 Å². The molecule has 0 spiro atoms. The van der Waals surface area contributed by atoms with Crippen molar-refractivity contribution in [3.8, 4) is 5.69 Å². The summed E-state index contributed by atoms with van der Waals surface area (Å²) < 4.78 is 2.84. The molecule has 1 N–H and O–H groups in total. The number of hydrogen-bond donors (Lipinski definition) is 1. The van der Waals surface area contributed by atoms with E-state index in [1.54, 1.807) is 6.20 Å². The van der Waals surface area contributed by atoms with E-state index in [1.807, 2.05) is 42.2 Å². The summed E-state index contributed by atoms with van der Waals surface area (Å²) in [6.07, 6.45) is 5.58. The molecule has 2 heterocycles. The van der Waals surface area contributed by atoms with E-state index in [9.17, 15) is 0 Å². The molecule has 0 aliphatic rings. The molecule has 2 aromatic heterocycles. The van der Waals surface area contributed by atoms with Crippen molar-refractivity contribution in [2.24, 2.45) is 0 Å². The van der Waals surface area contributed by atoms with Crippen LogP contribution < -0.4 is 5.32 Å². The maximum absolute atomic E-state index is 4.40. The lowest BCUT2D eigenvalue weighted by atomic mass is 10.2. The average molecular weight is 343 g/mol. The first-order valence-corrected chi connectivity index (χ1v) is 7.47. The molecule has 0 aliphatic heterocycles. The van der Waals surface area contributed by atoms with Crippen molar-refractivity contribution in [2.45, 2.75) is 13.5 Å². The van der Waals surface area contributed by atoms with Crippen molar-refractivity contribution in [3.63, 3.8) is 0 Å². The Bertz CT molecular complexity index is 738. The molecular weight excluding hydrogens is 328 g/mol. The quantitative estimate of drug-likeness (QED) is 0.780. The van der Waals surface area contributed by atoms with Crippen molar-refractivity contribution in [2.75, 3.05) is 5.32 Å². The zero-order chi connectivity index (χ0) is 14.7. The number of pyridine rings is 1. The number of aryl methyl sites for hydroxylation is 1. The van der Waals surface area contributed by atoms with Gasteiger partial charge in [0.05, 0.1) is 10.2 Å². The van der Waals surface area contributed by atoms with Crippen LogP contribution in [0.25, 0.3) is 5.69 Å². The summed E-state index contributed by atoms with van der Waals surface area (Å²) in [7, 11) is 0. The summed E-state index contributed by atoms with van der Waals surface area (Å²) >= 11 is 3.54. The van der Waals surface area contributed by atoms with Crippen molar-refractivity contribution in [1.82, 2.24) is 14.8 Å². The third-order valence-electron chi connectivity index (χ3n) is 3.17. The third kappa shape index (κ3) is 3.13. The van der Waals surface area contributed by atoms with E-state index >= 15 is 0 Å². The Morgan fingerprint density at radius 2 is 2.10 bits per heavy atom. The summed E-state index contributed by atoms with van der Waals surface area (Å²) in [5, 5.41) is 7.65. The SMILES string of the molecule is Cc1cnc(NCc2ccccc2-n2cccn2)c(Br)c1. The van der Waals surface area contributed by atoms with Gasteiger partial charge in [-0.1, -0.05) is 18.2 Å². The van der Waals surface area contributed by atoms with Crippen LogP contribution in [0, 0.1) is 6.92 Å². The standard InChI is InChI=1S/C16H15BrN4/c1-12-9-14(17)16(18-10-12)19-11-13-5-2-3-6-15(13)21-8-4-7-20-21/h2-10H,11H2,1H3,(H,18,19). The van der Waals surface area contributed by atoms with Gasteiger partial charge in [0.1, 0.15) is 5.82 Å². The molecule has 4 nitrogen and oxygen atoms in total. The van der Waals surface area contributed by atoms with Gasteiger partial charge in [-0.3, -0.25) is 0 Å². The molecule has 0 amide bonds. The van der Waals surface area contributed by atoms with Gasteiger partial charge in [0.2, 0.25) is 0 Å². The molecule has 0 aliphatic carbocycles. The minimum absolute atomic E-state index is 0.685. The molecule has 0 bridgehead atoms. The number of benzene rings is 1. The fourth-order valence-corrected chi connectivity index (χ4v) is 2.74. The normalized spacial score (nSPS) is 10.6. The number of nitrogens with one attached hydrogen (secondary N) is 1. The summed E-state index contributed by atoms with van der Waals surface area (Å²) in [5.41, 5.74) is 3.36. The lowest BCUT2D eigenvalue weighted by molar-refractivity contribution is 0.863. The van der Waals surface area contributed by atoms with Gasteiger partial charge in [0.15, 0.2) is 0 Å². The second kappa shape index (κ2) is 6.10. The van der Waals surface area contributed by atoms with Crippen LogP contribution in [0.5, 0.6) is 0 Å². The number of hydrogen-bond acceptors (Lipinski definition) is 3. The summed E-state index contributed by atoms with van der Waals surface area (Å²) in [4.78, 5) is 4.40. The number of rotatable bonds is 4. The number of aromatic nitrogens is 3. The van der Waals surface area contributed by atoms with Crippen LogP contribution in [0.3, 0.4) is 0 Å². The van der Waals surface area contributed by atoms with Gasteiger partial charge in [-0.25, -0.2) is 9.67 Å². The van der Waals surface area contributed by atoms with Gasteiger partial charge in [0.25, 0.3) is 0 Å². The molecule has 0 radical (unpaired) electrons. The van der Waals surface area contributed by atoms with Crippen molar-refractivity contribution >= 4 is 21.7 Å². The Morgan fingerprint density at radius 1 is 1.24 bits per heavy atom. The zero-order valence-electron chi connectivity index (χ0n) is 11.6. The molecule has 1 aromatic carbocycles. The van der Waals surface area contributed by atoms with Crippen LogP contribution in [0.2, 0.25) is 0 Å². The average Bonchev–Trinajstić information content (AvgIpc) is 3.01. The first kappa shape index (κ1) is 13.8. The second-order valence-corrected chi connectivity index (χ2v) is 5.63. The largest absolute Gasteiger partial charge is 0.365 e. The minimum Gasteiger partial charge on any atom is -0.365 e. The van der Waals surface area contributed by atoms with Gasteiger partial charge >= 0.3 is 0 Å². The molecule has 0 atom stereocenters. The van der Waals surface area contributed by atoms with Crippen LogP contribution in [0.15, 0.2) is 59.5 Å². The van der Waals surface area contributed by atoms with Crippen LogP contribution in [0.4, 0.5) is 5.82 Å². The lowest BCUT2D eigenvalue weighted by Crippen LogP contribution is -2.06. The van der Waals surface area contributed by atoms with Gasteiger partial charge in [-0.05, 0) is 52.2 Å². The van der Waals surface area contributed by atoms with E-state index in [0.29, 0.717) is 6.54 Å². The molecule has 0 fully saturated rings. The number of para-hydroxylation sites is 1. The highest BCUT2D eigenvalue weighted by Crippen LogP contribution is 2.22. The summed E-state index contributed by atoms with van der Waals surface area (Å²) in [6.45, 7) is 2.71. The molecule has 3 aromatic rings. The molecule has 0 saturated carbocycles. The van der Waals surface area contributed by atoms with Crippen LogP contribution in [-0.2, 0) is 6.54 Å². The maximum Gasteiger partial charge on any atom is 0.140 e. The van der Waals surface area contributed by atoms with Crippen molar-refractivity contribution in [3.05, 3.63) is 70.6 Å². The maximum atomic E-state index is 4.40. The van der Waals surface area contributed by atoms with E-state index in [0.717, 1.165) is 27.1 Å². The first-order valence-electron chi connectivity index (χ1n) is 6.68. The summed E-state index contributed by atoms with van der Waals surface area (Å²) in [6, 6.07) is 12.2. The molecule has 0 saturated heterocycles. The molecule has 3 rings (SSSR count). The molecular formula is C16H15BrN4. The lowest BCUT2D eigenvalue weighted by Gasteiger charge is -2.12. The van der Waals surface area contributed by atoms with Crippen molar-refractivity contribution < 1.29 is 0 Å². The molecule has 106 valence electrons. The highest BCUT2D eigenvalue weighted by atomic mass is 79.9. The molecule has 21 heavy (non-hydrogen) atoms. The molecule has 5 heteroatoms. The van der Waals surface area contributed by atoms with Crippen molar-refractivity contribution in [1.29, 1.82) is 0 Å². The Kier molecular flexibility index (Phi) is 4.01. The van der Waals surface area contributed by atoms with Crippen LogP contribution >= 0.6 is 15.9 Å². The second-order valence-electron chi connectivity index (χ2n) is 4.78. The smallest absolute Gasteiger partial charge is 0.140 e. The Morgan fingerprint density at radius 3 is 2.86 bits per heavy atom. The highest BCUT2D eigenvalue weighted by Gasteiger charge is 2.06. The summed E-state index contributed by atoms with van der Waals surface area (Å²) in [5.74, 6) is 0.843. The fraction of sp³-hybridized carbons (Fsp3) is 0.125. The van der Waals surface area contributed by atoms with E-state index in [4.69, 9.17) is 0 Å². The third-order valence-corrected chi connectivity index (χ3v) is 3.77. The Balaban J connectivity index is 1.83. The Labute approximate surface area is 132 Å². The predicted molar refractivity (Wildman–Crippen MR) is 87.6 cm³/mol. The number of anilines is 1. The van der Waals surface area contributed by atoms with Gasteiger partial charge in [-0.15, -0.1) is 0 Å². The monoisotopic (exact) mass is 342 g/mol. The highest BCUT2D eigenvalue weighted by molar-refractivity contribution is 9.10. The predicted octanol–water partition coefficient (Wildman–Crippen LogP) is 3.95. The van der Waals surface area contributed by atoms with E-state index in [1.165, 1.54) is 0 Å². The number of nitrogens with zero attached hydrogens (tertiary/aromatic N) is 3. The van der Waals surface area contributed by atoms with E-state index in [2.05, 4.69) is 49.5 Å². The topological polar surface area (TPSA) is 42.7 Å². The molecule has 0 unspecified atom stereocenters. The Hall–Kier alpha value is -2.14. The van der Waals surface area contributed by atoms with E-state index < -0.39 is 0 Å². The van der Waals surface area contributed by atoms with Crippen LogP contribution in [0.1, 0.15) is 11.1 Å². The first-order chi connectivity index (χ1) is 10.2.